The molecule has 2 N–H and O–H groups in total. The third kappa shape index (κ3) is 5.04. The molecule has 1 saturated carbocycles. The highest BCUT2D eigenvalue weighted by Gasteiger charge is 2.25. The van der Waals surface area contributed by atoms with Crippen LogP contribution >= 0.6 is 0 Å². The predicted molar refractivity (Wildman–Crippen MR) is 81.1 cm³/mol. The number of likely N-dealkylation sites (N-methyl/N-ethyl adjacent to an activating group) is 1. The smallest absolute Gasteiger partial charge is 0.328 e. The highest BCUT2D eigenvalue weighted by Crippen LogP contribution is 2.24. The molecule has 1 amide bonds. The summed E-state index contributed by atoms with van der Waals surface area (Å²) in [6.07, 6.45) is 5.09. The Morgan fingerprint density at radius 2 is 2.00 bits per heavy atom. The Kier molecular flexibility index (Phi) is 5.11. The Labute approximate surface area is 124 Å². The summed E-state index contributed by atoms with van der Waals surface area (Å²) in [6.45, 7) is 1.49. The predicted octanol–water partition coefficient (Wildman–Crippen LogP) is 1.61. The Morgan fingerprint density at radius 1 is 1.33 bits per heavy atom. The van der Waals surface area contributed by atoms with Gasteiger partial charge in [-0.1, -0.05) is 12.1 Å². The van der Waals surface area contributed by atoms with Crippen LogP contribution in [-0.4, -0.2) is 48.1 Å². The average Bonchev–Trinajstić information content (AvgIpc) is 3.30. The van der Waals surface area contributed by atoms with E-state index < -0.39 is 5.97 Å². The molecule has 0 radical (unpaired) electrons. The molecule has 0 saturated heterocycles. The van der Waals surface area contributed by atoms with Crippen molar-refractivity contribution < 1.29 is 14.7 Å². The van der Waals surface area contributed by atoms with E-state index in [-0.39, 0.29) is 5.91 Å². The second-order valence-corrected chi connectivity index (χ2v) is 5.26. The molecular weight excluding hydrogens is 268 g/mol. The van der Waals surface area contributed by atoms with Crippen molar-refractivity contribution in [1.82, 2.24) is 10.2 Å². The van der Waals surface area contributed by atoms with Gasteiger partial charge in [-0.2, -0.15) is 0 Å². The molecule has 2 rings (SSSR count). The molecule has 1 aromatic rings. The number of nitrogens with zero attached hydrogens (tertiary/aromatic N) is 1. The molecular formula is C16H20N2O3. The van der Waals surface area contributed by atoms with E-state index in [1.165, 1.54) is 18.9 Å². The van der Waals surface area contributed by atoms with Crippen LogP contribution in [0.3, 0.4) is 0 Å². The zero-order valence-corrected chi connectivity index (χ0v) is 12.1. The van der Waals surface area contributed by atoms with E-state index in [2.05, 4.69) is 17.3 Å². The number of carboxylic acid groups (broad SMARTS) is 1. The molecule has 0 aromatic heterocycles. The van der Waals surface area contributed by atoms with E-state index in [0.717, 1.165) is 18.2 Å². The van der Waals surface area contributed by atoms with Crippen molar-refractivity contribution in [3.05, 3.63) is 41.5 Å². The number of carbonyl (C=O) groups excluding carboxylic acids is 1. The lowest BCUT2D eigenvalue weighted by Gasteiger charge is -2.15. The van der Waals surface area contributed by atoms with Crippen LogP contribution in [0.25, 0.3) is 6.08 Å². The largest absolute Gasteiger partial charge is 0.478 e. The minimum Gasteiger partial charge on any atom is -0.478 e. The quantitative estimate of drug-likeness (QED) is 0.748. The highest BCUT2D eigenvalue weighted by atomic mass is 16.4. The number of hydrogen-bond acceptors (Lipinski definition) is 3. The van der Waals surface area contributed by atoms with Gasteiger partial charge in [0.25, 0.3) is 5.91 Å². The maximum atomic E-state index is 11.9. The standard InChI is InChI=1S/C16H20N2O3/c1-18(14-7-8-14)11-10-17-16(21)13-5-2-12(3-6-13)4-9-15(19)20/h2-6,9,14H,7-8,10-11H2,1H3,(H,17,21)(H,19,20). The number of rotatable bonds is 7. The molecule has 1 aliphatic carbocycles. The van der Waals surface area contributed by atoms with Gasteiger partial charge in [0, 0.05) is 30.8 Å². The van der Waals surface area contributed by atoms with Crippen molar-refractivity contribution in [2.45, 2.75) is 18.9 Å². The fourth-order valence-corrected chi connectivity index (χ4v) is 2.06. The number of benzene rings is 1. The van der Waals surface area contributed by atoms with Gasteiger partial charge in [-0.05, 0) is 43.7 Å². The summed E-state index contributed by atoms with van der Waals surface area (Å²) in [5, 5.41) is 11.4. The number of amides is 1. The van der Waals surface area contributed by atoms with E-state index >= 15 is 0 Å². The van der Waals surface area contributed by atoms with Crippen molar-refractivity contribution >= 4 is 18.0 Å². The monoisotopic (exact) mass is 288 g/mol. The van der Waals surface area contributed by atoms with Crippen LogP contribution in [0, 0.1) is 0 Å². The minimum atomic E-state index is -0.989. The summed E-state index contributed by atoms with van der Waals surface area (Å²) in [7, 11) is 2.08. The lowest BCUT2D eigenvalue weighted by atomic mass is 10.1. The van der Waals surface area contributed by atoms with Crippen molar-refractivity contribution in [1.29, 1.82) is 0 Å². The van der Waals surface area contributed by atoms with Gasteiger partial charge in [-0.15, -0.1) is 0 Å². The fraction of sp³-hybridized carbons (Fsp3) is 0.375. The fourth-order valence-electron chi connectivity index (χ4n) is 2.06. The van der Waals surface area contributed by atoms with Crippen molar-refractivity contribution in [3.63, 3.8) is 0 Å². The molecule has 0 bridgehead atoms. The molecule has 0 unspecified atom stereocenters. The third-order valence-corrected chi connectivity index (χ3v) is 3.51. The first-order valence-corrected chi connectivity index (χ1v) is 7.06. The molecule has 0 spiro atoms. The Balaban J connectivity index is 1.80. The van der Waals surface area contributed by atoms with Gasteiger partial charge in [0.1, 0.15) is 0 Å². The molecule has 1 aromatic carbocycles. The SMILES string of the molecule is CN(CCNC(=O)c1ccc(C=CC(=O)O)cc1)C1CC1. The Morgan fingerprint density at radius 3 is 2.57 bits per heavy atom. The van der Waals surface area contributed by atoms with Crippen molar-refractivity contribution in [3.8, 4) is 0 Å². The Bertz CT molecular complexity index is 533. The zero-order chi connectivity index (χ0) is 15.2. The van der Waals surface area contributed by atoms with Crippen LogP contribution in [0.5, 0.6) is 0 Å². The zero-order valence-electron chi connectivity index (χ0n) is 12.1. The van der Waals surface area contributed by atoms with Gasteiger partial charge >= 0.3 is 5.97 Å². The van der Waals surface area contributed by atoms with Crippen LogP contribution in [-0.2, 0) is 4.79 Å². The highest BCUT2D eigenvalue weighted by molar-refractivity contribution is 5.94. The molecule has 1 aliphatic rings. The molecule has 21 heavy (non-hydrogen) atoms. The van der Waals surface area contributed by atoms with Gasteiger partial charge in [0.2, 0.25) is 0 Å². The lowest BCUT2D eigenvalue weighted by Crippen LogP contribution is -2.33. The summed E-state index contributed by atoms with van der Waals surface area (Å²) in [6, 6.07) is 7.54. The minimum absolute atomic E-state index is 0.104. The van der Waals surface area contributed by atoms with E-state index in [4.69, 9.17) is 5.11 Å². The first-order chi connectivity index (χ1) is 10.1. The summed E-state index contributed by atoms with van der Waals surface area (Å²) in [5.41, 5.74) is 1.33. The first-order valence-electron chi connectivity index (χ1n) is 7.06. The number of nitrogens with one attached hydrogen (secondary N) is 1. The molecule has 1 fully saturated rings. The molecule has 5 heteroatoms. The number of carboxylic acids is 1. The van der Waals surface area contributed by atoms with Crippen LogP contribution in [0.15, 0.2) is 30.3 Å². The van der Waals surface area contributed by atoms with E-state index in [1.54, 1.807) is 24.3 Å². The van der Waals surface area contributed by atoms with Crippen molar-refractivity contribution in [2.24, 2.45) is 0 Å². The summed E-state index contributed by atoms with van der Waals surface area (Å²) in [4.78, 5) is 24.6. The summed E-state index contributed by atoms with van der Waals surface area (Å²) in [5.74, 6) is -1.09. The van der Waals surface area contributed by atoms with Crippen LogP contribution in [0.2, 0.25) is 0 Å². The second-order valence-electron chi connectivity index (χ2n) is 5.26. The third-order valence-electron chi connectivity index (χ3n) is 3.51. The Hall–Kier alpha value is -2.14. The second kappa shape index (κ2) is 7.04. The van der Waals surface area contributed by atoms with Gasteiger partial charge in [-0.25, -0.2) is 4.79 Å². The molecule has 0 atom stereocenters. The number of hydrogen-bond donors (Lipinski definition) is 2. The van der Waals surface area contributed by atoms with E-state index in [1.807, 2.05) is 0 Å². The molecule has 0 heterocycles. The molecule has 5 nitrogen and oxygen atoms in total. The first kappa shape index (κ1) is 15.3. The molecule has 0 aliphatic heterocycles. The van der Waals surface area contributed by atoms with Crippen LogP contribution < -0.4 is 5.32 Å². The summed E-state index contributed by atoms with van der Waals surface area (Å²) >= 11 is 0. The number of aliphatic carboxylic acids is 1. The topological polar surface area (TPSA) is 69.6 Å². The van der Waals surface area contributed by atoms with Crippen molar-refractivity contribution in [2.75, 3.05) is 20.1 Å². The lowest BCUT2D eigenvalue weighted by molar-refractivity contribution is -0.131. The maximum absolute atomic E-state index is 11.9. The van der Waals surface area contributed by atoms with Gasteiger partial charge in [0.15, 0.2) is 0 Å². The van der Waals surface area contributed by atoms with Crippen LogP contribution in [0.1, 0.15) is 28.8 Å². The van der Waals surface area contributed by atoms with E-state index in [9.17, 15) is 9.59 Å². The maximum Gasteiger partial charge on any atom is 0.328 e. The van der Waals surface area contributed by atoms with Gasteiger partial charge < -0.3 is 15.3 Å². The number of carbonyl (C=O) groups is 2. The van der Waals surface area contributed by atoms with Crippen LogP contribution in [0.4, 0.5) is 0 Å². The van der Waals surface area contributed by atoms with Gasteiger partial charge in [-0.3, -0.25) is 4.79 Å². The van der Waals surface area contributed by atoms with E-state index in [0.29, 0.717) is 18.2 Å². The van der Waals surface area contributed by atoms with Gasteiger partial charge in [0.05, 0.1) is 0 Å². The molecule has 112 valence electrons. The average molecular weight is 288 g/mol. The summed E-state index contributed by atoms with van der Waals surface area (Å²) < 4.78 is 0. The normalized spacial score (nSPS) is 14.6.